The van der Waals surface area contributed by atoms with E-state index in [0.717, 1.165) is 25.3 Å². The molecule has 0 aromatic heterocycles. The first kappa shape index (κ1) is 27.6. The van der Waals surface area contributed by atoms with Crippen LogP contribution in [0.1, 0.15) is 117 Å². The second-order valence-electron chi connectivity index (χ2n) is 7.59. The fraction of sp³-hybridized carbons (Fsp3) is 0.957. The number of unbranched alkanes of at least 4 members (excludes halogenated alkanes) is 14. The molecule has 0 aromatic carbocycles. The lowest BCUT2D eigenvalue weighted by Crippen LogP contribution is -2.45. The molecule has 0 aliphatic heterocycles. The topological polar surface area (TPSA) is 51.5 Å². The molecule has 0 atom stereocenters. The van der Waals surface area contributed by atoms with Crippen molar-refractivity contribution in [2.24, 2.45) is 0 Å². The third-order valence-corrected chi connectivity index (χ3v) is 8.27. The van der Waals surface area contributed by atoms with Crippen LogP contribution in [0.2, 0.25) is 6.04 Å². The Kier molecular flexibility index (Phi) is 21.0. The molecule has 166 valence electrons. The SMILES string of the molecule is CCO[Si](CCCCCCCCCCCCCCCCC#N)(OCC)OCC. The van der Waals surface area contributed by atoms with E-state index in [1.54, 1.807) is 0 Å². The van der Waals surface area contributed by atoms with Gasteiger partial charge in [-0.3, -0.25) is 0 Å². The summed E-state index contributed by atoms with van der Waals surface area (Å²) in [6.07, 6.45) is 19.1. The zero-order valence-corrected chi connectivity index (χ0v) is 20.1. The molecule has 0 heterocycles. The van der Waals surface area contributed by atoms with Crippen LogP contribution in [0, 0.1) is 11.3 Å². The lowest BCUT2D eigenvalue weighted by molar-refractivity contribution is 0.0706. The lowest BCUT2D eigenvalue weighted by atomic mass is 10.0. The summed E-state index contributed by atoms with van der Waals surface area (Å²) in [6, 6.07) is 3.18. The Balaban J connectivity index is 3.47. The minimum absolute atomic E-state index is 0.674. The monoisotopic (exact) mass is 413 g/mol. The molecule has 0 rings (SSSR count). The van der Waals surface area contributed by atoms with E-state index >= 15 is 0 Å². The molecular formula is C23H47NO3Si. The molecule has 0 aliphatic rings. The van der Waals surface area contributed by atoms with Gasteiger partial charge in [0.15, 0.2) is 0 Å². The maximum Gasteiger partial charge on any atom is 0.500 e. The minimum Gasteiger partial charge on any atom is -0.374 e. The van der Waals surface area contributed by atoms with Gasteiger partial charge in [-0.1, -0.05) is 77.0 Å². The number of hydrogen-bond acceptors (Lipinski definition) is 4. The second kappa shape index (κ2) is 21.3. The zero-order chi connectivity index (χ0) is 20.8. The van der Waals surface area contributed by atoms with Crippen LogP contribution >= 0.6 is 0 Å². The Morgan fingerprint density at radius 3 is 1.18 bits per heavy atom. The Morgan fingerprint density at radius 2 is 0.857 bits per heavy atom. The molecule has 0 spiro atoms. The first-order valence-electron chi connectivity index (χ1n) is 12.0. The Morgan fingerprint density at radius 1 is 0.536 bits per heavy atom. The van der Waals surface area contributed by atoms with Crippen molar-refractivity contribution in [2.75, 3.05) is 19.8 Å². The molecule has 0 bridgehead atoms. The van der Waals surface area contributed by atoms with Gasteiger partial charge in [-0.05, 0) is 33.6 Å². The highest BCUT2D eigenvalue weighted by atomic mass is 28.4. The Labute approximate surface area is 176 Å². The van der Waals surface area contributed by atoms with Crippen molar-refractivity contribution in [3.8, 4) is 6.07 Å². The van der Waals surface area contributed by atoms with Crippen molar-refractivity contribution < 1.29 is 13.3 Å². The predicted molar refractivity (Wildman–Crippen MR) is 120 cm³/mol. The van der Waals surface area contributed by atoms with Crippen LogP contribution in [0.25, 0.3) is 0 Å². The molecule has 4 nitrogen and oxygen atoms in total. The summed E-state index contributed by atoms with van der Waals surface area (Å²) in [7, 11) is -2.42. The molecule has 0 amide bonds. The maximum atomic E-state index is 8.50. The summed E-state index contributed by atoms with van der Waals surface area (Å²) >= 11 is 0. The summed E-state index contributed by atoms with van der Waals surface area (Å²) in [5.74, 6) is 0. The van der Waals surface area contributed by atoms with Crippen LogP contribution in [-0.2, 0) is 13.3 Å². The zero-order valence-electron chi connectivity index (χ0n) is 19.1. The fourth-order valence-corrected chi connectivity index (χ4v) is 6.35. The molecule has 0 saturated carbocycles. The standard InChI is InChI=1S/C23H47NO3Si/c1-4-25-28(26-5-2,27-6-3)23-21-19-17-15-13-11-9-7-8-10-12-14-16-18-20-22-24/h4-21,23H2,1-3H3. The molecular weight excluding hydrogens is 366 g/mol. The van der Waals surface area contributed by atoms with E-state index in [1.165, 1.54) is 77.0 Å². The summed E-state index contributed by atoms with van der Waals surface area (Å²) in [4.78, 5) is 0. The van der Waals surface area contributed by atoms with Gasteiger partial charge in [0, 0.05) is 32.3 Å². The van der Waals surface area contributed by atoms with Crippen LogP contribution in [-0.4, -0.2) is 28.6 Å². The highest BCUT2D eigenvalue weighted by Crippen LogP contribution is 2.21. The first-order valence-corrected chi connectivity index (χ1v) is 14.0. The van der Waals surface area contributed by atoms with E-state index in [4.69, 9.17) is 18.5 Å². The second-order valence-corrected chi connectivity index (χ2v) is 10.3. The number of nitriles is 1. The quantitative estimate of drug-likeness (QED) is 0.137. The van der Waals surface area contributed by atoms with Gasteiger partial charge >= 0.3 is 8.80 Å². The molecule has 28 heavy (non-hydrogen) atoms. The molecule has 0 radical (unpaired) electrons. The van der Waals surface area contributed by atoms with E-state index in [2.05, 4.69) is 6.07 Å². The van der Waals surface area contributed by atoms with Crippen LogP contribution in [0.5, 0.6) is 0 Å². The van der Waals surface area contributed by atoms with Crippen LogP contribution in [0.15, 0.2) is 0 Å². The smallest absolute Gasteiger partial charge is 0.374 e. The summed E-state index contributed by atoms with van der Waals surface area (Å²) in [5, 5.41) is 8.50. The van der Waals surface area contributed by atoms with Gasteiger partial charge in [0.2, 0.25) is 0 Å². The van der Waals surface area contributed by atoms with Crippen molar-refractivity contribution in [1.29, 1.82) is 5.26 Å². The highest BCUT2D eigenvalue weighted by Gasteiger charge is 2.39. The van der Waals surface area contributed by atoms with Gasteiger partial charge in [-0.25, -0.2) is 0 Å². The minimum atomic E-state index is -2.42. The molecule has 0 fully saturated rings. The van der Waals surface area contributed by atoms with E-state index in [9.17, 15) is 0 Å². The van der Waals surface area contributed by atoms with Crippen LogP contribution in [0.3, 0.4) is 0 Å². The van der Waals surface area contributed by atoms with E-state index in [-0.39, 0.29) is 0 Å². The lowest BCUT2D eigenvalue weighted by Gasteiger charge is -2.28. The summed E-state index contributed by atoms with van der Waals surface area (Å²) in [5.41, 5.74) is 0. The molecule has 0 unspecified atom stereocenters. The average Bonchev–Trinajstić information content (AvgIpc) is 2.68. The number of rotatable bonds is 22. The van der Waals surface area contributed by atoms with Gasteiger partial charge in [-0.2, -0.15) is 5.26 Å². The maximum absolute atomic E-state index is 8.50. The predicted octanol–water partition coefficient (Wildman–Crippen LogP) is 7.41. The summed E-state index contributed by atoms with van der Waals surface area (Å²) < 4.78 is 17.7. The van der Waals surface area contributed by atoms with Gasteiger partial charge in [0.1, 0.15) is 0 Å². The van der Waals surface area contributed by atoms with Gasteiger partial charge in [0.05, 0.1) is 6.07 Å². The van der Waals surface area contributed by atoms with Crippen molar-refractivity contribution in [1.82, 2.24) is 0 Å². The molecule has 0 saturated heterocycles. The fourth-order valence-electron chi connectivity index (χ4n) is 3.67. The third kappa shape index (κ3) is 16.5. The Hall–Kier alpha value is -0.413. The normalized spacial score (nSPS) is 11.6. The Bertz CT molecular complexity index is 343. The van der Waals surface area contributed by atoms with Crippen LogP contribution in [0.4, 0.5) is 0 Å². The number of hydrogen-bond donors (Lipinski definition) is 0. The van der Waals surface area contributed by atoms with Crippen molar-refractivity contribution >= 4 is 8.80 Å². The molecule has 0 aliphatic carbocycles. The van der Waals surface area contributed by atoms with Gasteiger partial charge in [0.25, 0.3) is 0 Å². The van der Waals surface area contributed by atoms with E-state index in [1.807, 2.05) is 20.8 Å². The van der Waals surface area contributed by atoms with E-state index in [0.29, 0.717) is 19.8 Å². The largest absolute Gasteiger partial charge is 0.500 e. The first-order chi connectivity index (χ1) is 13.7. The molecule has 5 heteroatoms. The third-order valence-electron chi connectivity index (χ3n) is 5.11. The van der Waals surface area contributed by atoms with Gasteiger partial charge < -0.3 is 13.3 Å². The summed E-state index contributed by atoms with van der Waals surface area (Å²) in [6.45, 7) is 8.10. The molecule has 0 aromatic rings. The average molecular weight is 414 g/mol. The van der Waals surface area contributed by atoms with E-state index < -0.39 is 8.80 Å². The molecule has 0 N–H and O–H groups in total. The highest BCUT2D eigenvalue weighted by molar-refractivity contribution is 6.60. The van der Waals surface area contributed by atoms with Crippen LogP contribution < -0.4 is 0 Å². The van der Waals surface area contributed by atoms with Crippen molar-refractivity contribution in [3.05, 3.63) is 0 Å². The van der Waals surface area contributed by atoms with Crippen molar-refractivity contribution in [2.45, 2.75) is 123 Å². The van der Waals surface area contributed by atoms with Crippen molar-refractivity contribution in [3.63, 3.8) is 0 Å². The number of nitrogens with zero attached hydrogens (tertiary/aromatic N) is 1. The van der Waals surface area contributed by atoms with Gasteiger partial charge in [-0.15, -0.1) is 0 Å².